The summed E-state index contributed by atoms with van der Waals surface area (Å²) in [5.41, 5.74) is 2.39. The lowest BCUT2D eigenvalue weighted by Crippen LogP contribution is -2.18. The summed E-state index contributed by atoms with van der Waals surface area (Å²) >= 11 is 7.80. The highest BCUT2D eigenvalue weighted by atomic mass is 35.5. The number of benzene rings is 1. The first-order chi connectivity index (χ1) is 13.7. The zero-order valence-corrected chi connectivity index (χ0v) is 17.0. The van der Waals surface area contributed by atoms with Crippen LogP contribution in [0.15, 0.2) is 53.6 Å². The number of H-pyrrole nitrogens is 1. The maximum Gasteiger partial charge on any atom is 0.255 e. The molecule has 0 aliphatic rings. The molecule has 0 spiro atoms. The monoisotopic (exact) mass is 416 g/mol. The summed E-state index contributed by atoms with van der Waals surface area (Å²) in [7, 11) is 1.63. The van der Waals surface area contributed by atoms with Crippen molar-refractivity contribution in [1.82, 2.24) is 15.0 Å². The molecule has 2 aromatic heterocycles. The standard InChI is InChI=1S/C20H21ClN4O2S/c1-27-16-6-4-14(5-7-16)11-15-12-24-20(25-19(15)26)23-9-10-28-13-18-17(21)3-2-8-22-18/h2-8,12H,9-11,13H2,1H3,(H2,23,24,25,26). The molecule has 146 valence electrons. The third-order valence-electron chi connectivity index (χ3n) is 4.04. The van der Waals surface area contributed by atoms with Gasteiger partial charge in [0.05, 0.1) is 17.8 Å². The molecule has 2 N–H and O–H groups in total. The van der Waals surface area contributed by atoms with Crippen molar-refractivity contribution in [3.8, 4) is 5.75 Å². The third-order valence-corrected chi connectivity index (χ3v) is 5.35. The van der Waals surface area contributed by atoms with Crippen LogP contribution >= 0.6 is 23.4 Å². The van der Waals surface area contributed by atoms with Crippen molar-refractivity contribution in [3.05, 3.63) is 81.0 Å². The Morgan fingerprint density at radius 1 is 1.21 bits per heavy atom. The number of rotatable bonds is 9. The van der Waals surface area contributed by atoms with Crippen molar-refractivity contribution in [2.24, 2.45) is 0 Å². The van der Waals surface area contributed by atoms with Crippen LogP contribution < -0.4 is 15.6 Å². The van der Waals surface area contributed by atoms with E-state index in [4.69, 9.17) is 16.3 Å². The van der Waals surface area contributed by atoms with Crippen molar-refractivity contribution in [2.45, 2.75) is 12.2 Å². The Labute approximate surface area is 172 Å². The van der Waals surface area contributed by atoms with E-state index >= 15 is 0 Å². The van der Waals surface area contributed by atoms with E-state index in [2.05, 4.69) is 20.3 Å². The van der Waals surface area contributed by atoms with Crippen molar-refractivity contribution < 1.29 is 4.74 Å². The molecule has 0 atom stereocenters. The second-order valence-corrected chi connectivity index (χ2v) is 7.53. The first-order valence-corrected chi connectivity index (χ1v) is 10.3. The van der Waals surface area contributed by atoms with Gasteiger partial charge < -0.3 is 10.1 Å². The van der Waals surface area contributed by atoms with Crippen LogP contribution in [0.25, 0.3) is 0 Å². The molecule has 0 unspecified atom stereocenters. The second-order valence-electron chi connectivity index (χ2n) is 6.02. The summed E-state index contributed by atoms with van der Waals surface area (Å²) in [5, 5.41) is 3.82. The van der Waals surface area contributed by atoms with Crippen LogP contribution in [0.3, 0.4) is 0 Å². The molecule has 0 aliphatic carbocycles. The molecule has 1 aromatic carbocycles. The molecule has 0 fully saturated rings. The van der Waals surface area contributed by atoms with E-state index in [9.17, 15) is 4.79 Å². The smallest absolute Gasteiger partial charge is 0.255 e. The summed E-state index contributed by atoms with van der Waals surface area (Å²) in [6.45, 7) is 0.676. The minimum absolute atomic E-state index is 0.138. The van der Waals surface area contributed by atoms with Crippen LogP contribution in [-0.2, 0) is 12.2 Å². The first-order valence-electron chi connectivity index (χ1n) is 8.78. The first kappa shape index (κ1) is 20.2. The summed E-state index contributed by atoms with van der Waals surface area (Å²) in [5.74, 6) is 2.84. The average Bonchev–Trinajstić information content (AvgIpc) is 2.71. The Hall–Kier alpha value is -2.51. The van der Waals surface area contributed by atoms with Crippen LogP contribution in [0.4, 0.5) is 5.95 Å². The fraction of sp³-hybridized carbons (Fsp3) is 0.250. The Balaban J connectivity index is 1.47. The van der Waals surface area contributed by atoms with Gasteiger partial charge in [0.2, 0.25) is 5.95 Å². The summed E-state index contributed by atoms with van der Waals surface area (Å²) in [4.78, 5) is 23.6. The number of pyridine rings is 1. The Morgan fingerprint density at radius 3 is 2.75 bits per heavy atom. The minimum Gasteiger partial charge on any atom is -0.497 e. The average molecular weight is 417 g/mol. The molecule has 28 heavy (non-hydrogen) atoms. The molecule has 0 saturated carbocycles. The molecular weight excluding hydrogens is 396 g/mol. The molecule has 8 heteroatoms. The van der Waals surface area contributed by atoms with Gasteiger partial charge in [0.15, 0.2) is 0 Å². The largest absolute Gasteiger partial charge is 0.497 e. The van der Waals surface area contributed by atoms with E-state index in [1.807, 2.05) is 36.4 Å². The number of methoxy groups -OCH3 is 1. The number of nitrogens with one attached hydrogen (secondary N) is 2. The van der Waals surface area contributed by atoms with Crippen molar-refractivity contribution in [3.63, 3.8) is 0 Å². The summed E-state index contributed by atoms with van der Waals surface area (Å²) in [6.07, 6.45) is 3.88. The zero-order chi connectivity index (χ0) is 19.8. The lowest BCUT2D eigenvalue weighted by atomic mass is 10.1. The van der Waals surface area contributed by atoms with Crippen molar-refractivity contribution in [1.29, 1.82) is 0 Å². The van der Waals surface area contributed by atoms with Gasteiger partial charge in [0, 0.05) is 42.4 Å². The minimum atomic E-state index is -0.138. The van der Waals surface area contributed by atoms with Crippen LogP contribution in [0.2, 0.25) is 5.02 Å². The molecule has 0 saturated heterocycles. The predicted molar refractivity (Wildman–Crippen MR) is 115 cm³/mol. The number of hydrogen-bond acceptors (Lipinski definition) is 6. The fourth-order valence-corrected chi connectivity index (χ4v) is 3.62. The van der Waals surface area contributed by atoms with Gasteiger partial charge >= 0.3 is 0 Å². The van der Waals surface area contributed by atoms with Crippen LogP contribution in [0.1, 0.15) is 16.8 Å². The van der Waals surface area contributed by atoms with Gasteiger partial charge in [-0.1, -0.05) is 23.7 Å². The predicted octanol–water partition coefficient (Wildman–Crippen LogP) is 3.76. The zero-order valence-electron chi connectivity index (χ0n) is 15.4. The number of anilines is 1. The number of aromatic amines is 1. The van der Waals surface area contributed by atoms with E-state index in [-0.39, 0.29) is 5.56 Å². The highest BCUT2D eigenvalue weighted by molar-refractivity contribution is 7.98. The maximum absolute atomic E-state index is 12.3. The number of halogens is 1. The summed E-state index contributed by atoms with van der Waals surface area (Å²) in [6, 6.07) is 11.3. The van der Waals surface area contributed by atoms with Crippen LogP contribution in [-0.4, -0.2) is 34.4 Å². The molecule has 6 nitrogen and oxygen atoms in total. The second kappa shape index (κ2) is 10.1. The van der Waals surface area contributed by atoms with E-state index in [0.29, 0.717) is 29.5 Å². The van der Waals surface area contributed by atoms with Crippen LogP contribution in [0, 0.1) is 0 Å². The Kier molecular flexibility index (Phi) is 7.33. The summed E-state index contributed by atoms with van der Waals surface area (Å²) < 4.78 is 5.14. The van der Waals surface area contributed by atoms with E-state index in [1.165, 1.54) is 0 Å². The van der Waals surface area contributed by atoms with Gasteiger partial charge in [-0.05, 0) is 29.8 Å². The van der Waals surface area contributed by atoms with Gasteiger partial charge in [0.25, 0.3) is 5.56 Å². The number of hydrogen-bond donors (Lipinski definition) is 2. The molecule has 3 aromatic rings. The third kappa shape index (κ3) is 5.74. The molecule has 3 rings (SSSR count). The molecule has 0 bridgehead atoms. The van der Waals surface area contributed by atoms with Gasteiger partial charge in [0.1, 0.15) is 5.75 Å². The number of thioether (sulfide) groups is 1. The topological polar surface area (TPSA) is 79.9 Å². The SMILES string of the molecule is COc1ccc(Cc2cnc(NCCSCc3ncccc3Cl)[nH]c2=O)cc1. The molecule has 2 heterocycles. The normalized spacial score (nSPS) is 10.6. The fourth-order valence-electron chi connectivity index (χ4n) is 2.54. The quantitative estimate of drug-likeness (QED) is 0.517. The van der Waals surface area contributed by atoms with Gasteiger partial charge in [-0.2, -0.15) is 11.8 Å². The van der Waals surface area contributed by atoms with Crippen LogP contribution in [0.5, 0.6) is 5.75 Å². The molecule has 0 radical (unpaired) electrons. The van der Waals surface area contributed by atoms with E-state index in [0.717, 1.165) is 28.5 Å². The molecule has 0 aliphatic heterocycles. The van der Waals surface area contributed by atoms with E-state index in [1.54, 1.807) is 31.3 Å². The van der Waals surface area contributed by atoms with Crippen molar-refractivity contribution in [2.75, 3.05) is 24.7 Å². The van der Waals surface area contributed by atoms with Gasteiger partial charge in [-0.25, -0.2) is 4.98 Å². The highest BCUT2D eigenvalue weighted by Crippen LogP contribution is 2.18. The van der Waals surface area contributed by atoms with Gasteiger partial charge in [-0.3, -0.25) is 14.8 Å². The number of aromatic nitrogens is 3. The molecule has 0 amide bonds. The lowest BCUT2D eigenvalue weighted by Gasteiger charge is -2.07. The number of nitrogens with zero attached hydrogens (tertiary/aromatic N) is 2. The molecular formula is C20H21ClN4O2S. The number of ether oxygens (including phenoxy) is 1. The van der Waals surface area contributed by atoms with E-state index < -0.39 is 0 Å². The van der Waals surface area contributed by atoms with Gasteiger partial charge in [-0.15, -0.1) is 0 Å². The Bertz CT molecular complexity index is 963. The Morgan fingerprint density at radius 2 is 2.04 bits per heavy atom. The maximum atomic E-state index is 12.3. The lowest BCUT2D eigenvalue weighted by molar-refractivity contribution is 0.414. The van der Waals surface area contributed by atoms with Crippen molar-refractivity contribution >= 4 is 29.3 Å². The highest BCUT2D eigenvalue weighted by Gasteiger charge is 2.05.